The fourth-order valence-electron chi connectivity index (χ4n) is 5.58. The van der Waals surface area contributed by atoms with Gasteiger partial charge in [0.05, 0.1) is 33.8 Å². The van der Waals surface area contributed by atoms with E-state index in [0.29, 0.717) is 17.7 Å². The zero-order valence-corrected chi connectivity index (χ0v) is 20.7. The first-order valence-corrected chi connectivity index (χ1v) is 12.4. The number of fused-ring (bicyclic) bond motifs is 5. The number of carbonyl (C=O) groups excluding carboxylic acids is 5. The van der Waals surface area contributed by atoms with E-state index >= 15 is 0 Å². The first kappa shape index (κ1) is 24.5. The highest BCUT2D eigenvalue weighted by molar-refractivity contribution is 6.32. The molecule has 186 valence electrons. The van der Waals surface area contributed by atoms with Crippen molar-refractivity contribution in [1.29, 1.82) is 0 Å². The van der Waals surface area contributed by atoms with Crippen molar-refractivity contribution in [2.75, 3.05) is 16.8 Å². The smallest absolute Gasteiger partial charge is 0.338 e. The molecule has 0 spiro atoms. The third-order valence-corrected chi connectivity index (χ3v) is 8.56. The predicted octanol–water partition coefficient (Wildman–Crippen LogP) is 3.65. The number of ketones is 1. The Morgan fingerprint density at radius 2 is 1.56 bits per heavy atom. The van der Waals surface area contributed by atoms with Crippen LogP contribution in [0.15, 0.2) is 48.5 Å². The highest BCUT2D eigenvalue weighted by Gasteiger charge is 2.66. The van der Waals surface area contributed by atoms with Crippen LogP contribution in [0.3, 0.4) is 0 Å². The molecule has 1 saturated heterocycles. The van der Waals surface area contributed by atoms with Crippen LogP contribution in [0.2, 0.25) is 0 Å². The summed E-state index contributed by atoms with van der Waals surface area (Å²) >= 11 is 12.8. The topological polar surface area (TPSA) is 110 Å². The molecule has 1 aliphatic heterocycles. The van der Waals surface area contributed by atoms with E-state index in [0.717, 1.165) is 4.90 Å². The van der Waals surface area contributed by atoms with Gasteiger partial charge >= 0.3 is 5.97 Å². The second kappa shape index (κ2) is 9.33. The minimum Gasteiger partial charge on any atom is -0.452 e. The van der Waals surface area contributed by atoms with Gasteiger partial charge in [0.25, 0.3) is 5.91 Å². The molecule has 2 bridgehead atoms. The van der Waals surface area contributed by atoms with Gasteiger partial charge in [0, 0.05) is 11.3 Å². The van der Waals surface area contributed by atoms with E-state index in [1.807, 2.05) is 0 Å². The van der Waals surface area contributed by atoms with E-state index in [1.165, 1.54) is 19.1 Å². The molecule has 3 amide bonds. The largest absolute Gasteiger partial charge is 0.452 e. The SMILES string of the molecule is CC(=O)c1ccc(NC(=O)COC(=O)c2cccc(N3C(=O)[C@@H]4[C@H]5C[C@@H]([C@H](Cl)[C@H]5Cl)[C@H]4C3=O)c2)cc1. The second-order valence-electron chi connectivity index (χ2n) is 9.32. The maximum atomic E-state index is 13.2. The van der Waals surface area contributed by atoms with Crippen LogP contribution in [-0.4, -0.2) is 46.8 Å². The van der Waals surface area contributed by atoms with Gasteiger partial charge in [-0.1, -0.05) is 6.07 Å². The molecule has 3 fully saturated rings. The molecular formula is C26H22Cl2N2O6. The van der Waals surface area contributed by atoms with Gasteiger partial charge < -0.3 is 10.1 Å². The van der Waals surface area contributed by atoms with Gasteiger partial charge in [-0.05, 0) is 67.6 Å². The van der Waals surface area contributed by atoms with Gasteiger partial charge in [0.1, 0.15) is 0 Å². The number of amides is 3. The van der Waals surface area contributed by atoms with Crippen LogP contribution in [0.25, 0.3) is 0 Å². The van der Waals surface area contributed by atoms with Gasteiger partial charge in [-0.15, -0.1) is 23.2 Å². The van der Waals surface area contributed by atoms with Crippen LogP contribution in [-0.2, 0) is 19.1 Å². The minimum absolute atomic E-state index is 0.0941. The molecule has 3 aliphatic rings. The van der Waals surface area contributed by atoms with Crippen molar-refractivity contribution >= 4 is 64.1 Å². The Bertz CT molecular complexity index is 1250. The van der Waals surface area contributed by atoms with Gasteiger partial charge in [-0.25, -0.2) is 4.79 Å². The van der Waals surface area contributed by atoms with E-state index in [1.54, 1.807) is 36.4 Å². The van der Waals surface area contributed by atoms with Gasteiger partial charge in [-0.2, -0.15) is 0 Å². The molecule has 2 saturated carbocycles. The lowest BCUT2D eigenvalue weighted by molar-refractivity contribution is -0.123. The summed E-state index contributed by atoms with van der Waals surface area (Å²) in [7, 11) is 0. The van der Waals surface area contributed by atoms with Crippen molar-refractivity contribution in [3.63, 3.8) is 0 Å². The average molecular weight is 529 g/mol. The molecule has 8 nitrogen and oxygen atoms in total. The summed E-state index contributed by atoms with van der Waals surface area (Å²) in [6.45, 7) is 0.901. The number of ether oxygens (including phenoxy) is 1. The summed E-state index contributed by atoms with van der Waals surface area (Å²) in [5, 5.41) is 1.87. The van der Waals surface area contributed by atoms with E-state index in [2.05, 4.69) is 5.32 Å². The maximum absolute atomic E-state index is 13.2. The summed E-state index contributed by atoms with van der Waals surface area (Å²) in [5.41, 5.74) is 1.32. The number of anilines is 2. The number of nitrogens with zero attached hydrogens (tertiary/aromatic N) is 1. The van der Waals surface area contributed by atoms with E-state index < -0.39 is 30.3 Å². The minimum atomic E-state index is -0.778. The van der Waals surface area contributed by atoms with Crippen LogP contribution in [0.1, 0.15) is 34.1 Å². The van der Waals surface area contributed by atoms with Crippen molar-refractivity contribution in [1.82, 2.24) is 0 Å². The summed E-state index contributed by atoms with van der Waals surface area (Å²) in [6, 6.07) is 12.3. The van der Waals surface area contributed by atoms with Gasteiger partial charge in [0.2, 0.25) is 11.8 Å². The first-order chi connectivity index (χ1) is 17.2. The summed E-state index contributed by atoms with van der Waals surface area (Å²) < 4.78 is 5.11. The van der Waals surface area contributed by atoms with Crippen LogP contribution in [0, 0.1) is 23.7 Å². The Balaban J connectivity index is 1.23. The number of hydrogen-bond donors (Lipinski definition) is 1. The van der Waals surface area contributed by atoms with Crippen LogP contribution in [0.4, 0.5) is 11.4 Å². The fourth-order valence-corrected chi connectivity index (χ4v) is 6.47. The van der Waals surface area contributed by atoms with Crippen LogP contribution in [0.5, 0.6) is 0 Å². The Morgan fingerprint density at radius 3 is 2.14 bits per heavy atom. The Labute approximate surface area is 216 Å². The van der Waals surface area contributed by atoms with Crippen molar-refractivity contribution in [2.45, 2.75) is 24.1 Å². The molecule has 2 aromatic rings. The molecule has 0 aromatic heterocycles. The molecule has 1 N–H and O–H groups in total. The lowest BCUT2D eigenvalue weighted by atomic mass is 9.80. The molecule has 10 heteroatoms. The number of hydrogen-bond acceptors (Lipinski definition) is 6. The third kappa shape index (κ3) is 4.08. The number of imide groups is 1. The first-order valence-electron chi connectivity index (χ1n) is 11.5. The van der Waals surface area contributed by atoms with E-state index in [-0.39, 0.29) is 51.4 Å². The van der Waals surface area contributed by atoms with E-state index in [9.17, 15) is 24.0 Å². The number of rotatable bonds is 6. The fraction of sp³-hybridized carbons (Fsp3) is 0.346. The quantitative estimate of drug-likeness (QED) is 0.265. The zero-order valence-electron chi connectivity index (χ0n) is 19.1. The zero-order chi connectivity index (χ0) is 25.7. The number of Topliss-reactive ketones (excluding diaryl/α,β-unsaturated/α-hetero) is 1. The normalized spacial score (nSPS) is 28.2. The number of carbonyl (C=O) groups is 5. The molecule has 0 unspecified atom stereocenters. The molecular weight excluding hydrogens is 507 g/mol. The van der Waals surface area contributed by atoms with Crippen LogP contribution < -0.4 is 10.2 Å². The standard InChI is InChI=1S/C26H22Cl2N2O6/c1-12(31)13-5-7-15(8-6-13)29-19(32)11-36-26(35)14-3-2-4-16(9-14)30-24(33)20-17-10-18(21(20)25(30)34)23(28)22(17)27/h2-9,17-18,20-23H,10-11H2,1H3,(H,29,32)/t17-,18-,20-,21-,22+,23+/m1/s1. The molecule has 5 rings (SSSR count). The monoisotopic (exact) mass is 528 g/mol. The van der Waals surface area contributed by atoms with E-state index in [4.69, 9.17) is 27.9 Å². The third-order valence-electron chi connectivity index (χ3n) is 7.24. The second-order valence-corrected chi connectivity index (χ2v) is 10.3. The van der Waals surface area contributed by atoms with Crippen molar-refractivity contribution < 1.29 is 28.7 Å². The average Bonchev–Trinajstić information content (AvgIpc) is 3.47. The van der Waals surface area contributed by atoms with Gasteiger partial charge in [0.15, 0.2) is 12.4 Å². The number of benzene rings is 2. The summed E-state index contributed by atoms with van der Waals surface area (Å²) in [4.78, 5) is 63.6. The molecule has 0 radical (unpaired) electrons. The van der Waals surface area contributed by atoms with Crippen molar-refractivity contribution in [3.05, 3.63) is 59.7 Å². The summed E-state index contributed by atoms with van der Waals surface area (Å²) in [6.07, 6.45) is 0.665. The highest BCUT2D eigenvalue weighted by Crippen LogP contribution is 2.59. The number of halogens is 2. The Hall–Kier alpha value is -3.23. The lowest BCUT2D eigenvalue weighted by Gasteiger charge is -2.28. The number of nitrogens with one attached hydrogen (secondary N) is 1. The molecule has 1 heterocycles. The molecule has 2 aromatic carbocycles. The highest BCUT2D eigenvalue weighted by atomic mass is 35.5. The Morgan fingerprint density at radius 1 is 0.944 bits per heavy atom. The number of esters is 1. The molecule has 6 atom stereocenters. The van der Waals surface area contributed by atoms with Crippen LogP contribution >= 0.6 is 23.2 Å². The molecule has 2 aliphatic carbocycles. The lowest BCUT2D eigenvalue weighted by Crippen LogP contribution is -2.37. The molecule has 36 heavy (non-hydrogen) atoms. The predicted molar refractivity (Wildman–Crippen MR) is 132 cm³/mol. The van der Waals surface area contributed by atoms with Gasteiger partial charge in [-0.3, -0.25) is 24.1 Å². The van der Waals surface area contributed by atoms with Crippen molar-refractivity contribution in [2.24, 2.45) is 23.7 Å². The van der Waals surface area contributed by atoms with Crippen molar-refractivity contribution in [3.8, 4) is 0 Å². The Kier molecular flexibility index (Phi) is 6.34. The maximum Gasteiger partial charge on any atom is 0.338 e. The summed E-state index contributed by atoms with van der Waals surface area (Å²) in [5.74, 6) is -3.36. The number of alkyl halides is 2.